The molecule has 3 atom stereocenters. The number of pyridine rings is 1. The number of likely N-dealkylation sites (tertiary alicyclic amines) is 1. The summed E-state index contributed by atoms with van der Waals surface area (Å²) in [4.78, 5) is 18.2. The Morgan fingerprint density at radius 2 is 1.89 bits per heavy atom. The van der Waals surface area contributed by atoms with E-state index in [2.05, 4.69) is 29.5 Å². The Labute approximate surface area is 255 Å². The smallest absolute Gasteiger partial charge is 0.298 e. The molecule has 0 amide bonds. The number of nitriles is 1. The lowest BCUT2D eigenvalue weighted by Crippen LogP contribution is -2.58. The van der Waals surface area contributed by atoms with Gasteiger partial charge in [-0.05, 0) is 87.4 Å². The zero-order valence-corrected chi connectivity index (χ0v) is 25.3. The van der Waals surface area contributed by atoms with Crippen LogP contribution >= 0.6 is 0 Å². The fourth-order valence-electron chi connectivity index (χ4n) is 8.15. The van der Waals surface area contributed by atoms with E-state index < -0.39 is 17.4 Å². The van der Waals surface area contributed by atoms with Crippen molar-refractivity contribution in [3.63, 3.8) is 0 Å². The van der Waals surface area contributed by atoms with Gasteiger partial charge in [0.2, 0.25) is 0 Å². The molecule has 0 bridgehead atoms. The lowest BCUT2D eigenvalue weighted by molar-refractivity contribution is -0.966. The Bertz CT molecular complexity index is 1630. The highest BCUT2D eigenvalue weighted by Gasteiger charge is 2.48. The molecule has 3 aromatic rings. The van der Waals surface area contributed by atoms with Crippen LogP contribution < -0.4 is 11.1 Å². The first-order valence-electron chi connectivity index (χ1n) is 16.0. The van der Waals surface area contributed by atoms with E-state index in [-0.39, 0.29) is 30.1 Å². The Morgan fingerprint density at radius 1 is 1.09 bits per heavy atom. The average molecular weight is 609 g/mol. The number of alkyl halides is 3. The van der Waals surface area contributed by atoms with Gasteiger partial charge < -0.3 is 0 Å². The van der Waals surface area contributed by atoms with Crippen LogP contribution in [-0.4, -0.2) is 69.4 Å². The highest BCUT2D eigenvalue weighted by molar-refractivity contribution is 5.58. The van der Waals surface area contributed by atoms with Crippen molar-refractivity contribution in [2.45, 2.75) is 69.8 Å². The maximum atomic E-state index is 14.3. The molecule has 3 saturated heterocycles. The highest BCUT2D eigenvalue weighted by Crippen LogP contribution is 2.44. The number of imidazole rings is 1. The number of halogens is 3. The molecule has 1 N–H and O–H groups in total. The third-order valence-corrected chi connectivity index (χ3v) is 10.6. The molecule has 4 fully saturated rings. The predicted molar refractivity (Wildman–Crippen MR) is 160 cm³/mol. The molecule has 1 aromatic carbocycles. The van der Waals surface area contributed by atoms with Gasteiger partial charge in [-0.25, -0.2) is 14.3 Å². The van der Waals surface area contributed by atoms with Crippen LogP contribution in [0.3, 0.4) is 0 Å². The van der Waals surface area contributed by atoms with Crippen LogP contribution in [0.15, 0.2) is 47.5 Å². The van der Waals surface area contributed by atoms with Crippen LogP contribution in [0.1, 0.15) is 67.6 Å². The second-order valence-electron chi connectivity index (χ2n) is 13.6. The molecule has 3 aliphatic heterocycles. The fourth-order valence-corrected chi connectivity index (χ4v) is 8.15. The summed E-state index contributed by atoms with van der Waals surface area (Å²) in [5.74, 6) is 0.617. The van der Waals surface area contributed by atoms with Crippen LogP contribution in [-0.2, 0) is 12.7 Å². The van der Waals surface area contributed by atoms with Crippen molar-refractivity contribution >= 4 is 5.52 Å². The van der Waals surface area contributed by atoms with Gasteiger partial charge in [0.15, 0.2) is 6.67 Å². The normalized spacial score (nSPS) is 25.4. The van der Waals surface area contributed by atoms with E-state index in [0.717, 1.165) is 53.2 Å². The summed E-state index contributed by atoms with van der Waals surface area (Å²) < 4.78 is 46.5. The summed E-state index contributed by atoms with van der Waals surface area (Å²) >= 11 is 0. The molecule has 7 rings (SSSR count). The fraction of sp³-hybridized carbons (Fsp3) is 0.576. The van der Waals surface area contributed by atoms with Gasteiger partial charge in [-0.15, -0.1) is 5.43 Å². The van der Waals surface area contributed by atoms with Crippen molar-refractivity contribution < 1.29 is 17.8 Å². The van der Waals surface area contributed by atoms with Gasteiger partial charge >= 0.3 is 11.9 Å². The van der Waals surface area contributed by atoms with Crippen molar-refractivity contribution in [3.05, 3.63) is 69.9 Å². The molecular weight excluding hydrogens is 567 g/mol. The lowest BCUT2D eigenvalue weighted by Gasteiger charge is -2.40. The van der Waals surface area contributed by atoms with Gasteiger partial charge in [0, 0.05) is 31.4 Å². The average Bonchev–Trinajstić information content (AvgIpc) is 3.66. The van der Waals surface area contributed by atoms with Crippen LogP contribution in [0.5, 0.6) is 0 Å². The minimum Gasteiger partial charge on any atom is -0.298 e. The monoisotopic (exact) mass is 608 g/mol. The van der Waals surface area contributed by atoms with E-state index in [1.165, 1.54) is 42.6 Å². The third-order valence-electron chi connectivity index (χ3n) is 10.6. The van der Waals surface area contributed by atoms with E-state index in [0.29, 0.717) is 36.7 Å². The molecule has 44 heavy (non-hydrogen) atoms. The van der Waals surface area contributed by atoms with Crippen LogP contribution in [0.4, 0.5) is 13.2 Å². The highest BCUT2D eigenvalue weighted by atomic mass is 19.4. The van der Waals surface area contributed by atoms with Gasteiger partial charge in [-0.1, -0.05) is 18.6 Å². The first-order valence-corrected chi connectivity index (χ1v) is 16.0. The van der Waals surface area contributed by atoms with E-state index in [1.807, 2.05) is 23.1 Å². The quantitative estimate of drug-likeness (QED) is 0.396. The molecule has 4 aliphatic rings. The largest absolute Gasteiger partial charge is 0.418 e. The number of nitrogens with one attached hydrogen (secondary N) is 1. The zero-order valence-electron chi connectivity index (χ0n) is 25.3. The molecule has 8 nitrogen and oxygen atoms in total. The van der Waals surface area contributed by atoms with Crippen molar-refractivity contribution in [3.8, 4) is 11.8 Å². The van der Waals surface area contributed by atoms with Gasteiger partial charge in [0.1, 0.15) is 6.17 Å². The summed E-state index contributed by atoms with van der Waals surface area (Å²) in [6, 6.07) is 11.3. The van der Waals surface area contributed by atoms with Gasteiger partial charge in [0.25, 0.3) is 0 Å². The lowest BCUT2D eigenvalue weighted by atomic mass is 9.71. The van der Waals surface area contributed by atoms with Crippen LogP contribution in [0.25, 0.3) is 11.2 Å². The molecule has 1 aliphatic carbocycles. The number of hydrogen-bond acceptors (Lipinski definition) is 5. The predicted octanol–water partition coefficient (Wildman–Crippen LogP) is 5.07. The third kappa shape index (κ3) is 5.36. The number of fused-ring (bicyclic) bond motifs is 1. The minimum absolute atomic E-state index is 0.118. The van der Waals surface area contributed by atoms with E-state index in [9.17, 15) is 23.2 Å². The number of benzene rings is 1. The van der Waals surface area contributed by atoms with Crippen molar-refractivity contribution in [2.75, 3.05) is 39.9 Å². The summed E-state index contributed by atoms with van der Waals surface area (Å²) in [6.07, 6.45) is 6.34. The summed E-state index contributed by atoms with van der Waals surface area (Å²) in [5, 5.41) is 9.24. The topological polar surface area (TPSA) is 68.7 Å². The van der Waals surface area contributed by atoms with Gasteiger partial charge in [-0.3, -0.25) is 13.9 Å². The molecule has 1 spiro atoms. The SMILES string of the molecule is CN1C[N+]2(CCCCC2)NC1[C@H](c1cccc(-n2cc3c(C(F)(F)F)cc(CN4CC[C@H](C#N)C4)cn3c2=O)c1)C1CCC1. The van der Waals surface area contributed by atoms with Crippen molar-refractivity contribution in [1.29, 1.82) is 5.26 Å². The number of quaternary nitrogens is 1. The van der Waals surface area contributed by atoms with Crippen molar-refractivity contribution in [1.82, 2.24) is 24.2 Å². The van der Waals surface area contributed by atoms with E-state index in [1.54, 1.807) is 0 Å². The van der Waals surface area contributed by atoms with Gasteiger partial charge in [0.05, 0.1) is 41.8 Å². The number of aromatic nitrogens is 2. The first-order chi connectivity index (χ1) is 21.1. The van der Waals surface area contributed by atoms with E-state index in [4.69, 9.17) is 0 Å². The number of piperidine rings is 1. The molecule has 11 heteroatoms. The van der Waals surface area contributed by atoms with Crippen LogP contribution in [0, 0.1) is 23.2 Å². The Morgan fingerprint density at radius 3 is 2.57 bits per heavy atom. The standard InChI is InChI=1S/C33H41F3N7O/c1-39-22-43(13-3-2-4-14-43)38-31(39)30(25-7-5-8-25)26-9-6-10-27(16-26)41-21-29-28(33(34,35)36)15-24(20-42(29)32(41)44)19-40-12-11-23(17-37)18-40/h6,9-10,15-16,20-21,23,25,30-31,38H,2-5,7-8,11-14,18-19,22H2,1H3/q+1/t23-,30+,31?/m1/s1. The van der Waals surface area contributed by atoms with Crippen LogP contribution in [0.2, 0.25) is 0 Å². The van der Waals surface area contributed by atoms with E-state index >= 15 is 0 Å². The molecule has 5 heterocycles. The minimum atomic E-state index is -4.62. The maximum Gasteiger partial charge on any atom is 0.418 e. The molecule has 234 valence electrons. The second-order valence-corrected chi connectivity index (χ2v) is 13.6. The van der Waals surface area contributed by atoms with Crippen molar-refractivity contribution in [2.24, 2.45) is 11.8 Å². The number of likely N-dealkylation sites (N-methyl/N-ethyl adjacent to an activating group) is 1. The molecule has 2 aromatic heterocycles. The number of rotatable bonds is 6. The Hall–Kier alpha value is -3.17. The first kappa shape index (κ1) is 29.5. The summed E-state index contributed by atoms with van der Waals surface area (Å²) in [5.41, 5.74) is 4.62. The number of nitrogens with zero attached hydrogens (tertiary/aromatic N) is 6. The Balaban J connectivity index is 1.25. The second kappa shape index (κ2) is 11.3. The molecule has 1 unspecified atom stereocenters. The maximum absolute atomic E-state index is 14.3. The summed E-state index contributed by atoms with van der Waals surface area (Å²) in [6.45, 7) is 4.65. The Kier molecular flexibility index (Phi) is 7.60. The molecule has 1 saturated carbocycles. The molecule has 0 radical (unpaired) electrons. The number of hydrogen-bond donors (Lipinski definition) is 1. The molecular formula is C33H41F3N7O+. The zero-order chi connectivity index (χ0) is 30.6. The summed E-state index contributed by atoms with van der Waals surface area (Å²) in [7, 11) is 2.19. The van der Waals surface area contributed by atoms with Gasteiger partial charge in [-0.2, -0.15) is 18.4 Å².